The Labute approximate surface area is 106 Å². The van der Waals surface area contributed by atoms with Crippen molar-refractivity contribution in [1.82, 2.24) is 4.98 Å². The van der Waals surface area contributed by atoms with Crippen LogP contribution in [0.4, 0.5) is 11.5 Å². The zero-order chi connectivity index (χ0) is 12.8. The van der Waals surface area contributed by atoms with Crippen molar-refractivity contribution >= 4 is 33.3 Å². The van der Waals surface area contributed by atoms with E-state index in [2.05, 4.69) is 26.2 Å². The van der Waals surface area contributed by atoms with Gasteiger partial charge in [0.1, 0.15) is 12.0 Å². The molecule has 1 aromatic heterocycles. The van der Waals surface area contributed by atoms with Crippen molar-refractivity contribution in [2.75, 3.05) is 11.9 Å². The highest BCUT2D eigenvalue weighted by molar-refractivity contribution is 9.10. The topological polar surface area (TPSA) is 111 Å². The second kappa shape index (κ2) is 6.14. The van der Waals surface area contributed by atoms with Crippen LogP contribution in [0.1, 0.15) is 12.8 Å². The Balaban J connectivity index is 2.54. The largest absolute Gasteiger partial charge is 0.370 e. The number of nitrogens with zero attached hydrogens (tertiary/aromatic N) is 2. The molecule has 0 saturated heterocycles. The van der Waals surface area contributed by atoms with Crippen molar-refractivity contribution in [2.45, 2.75) is 12.8 Å². The van der Waals surface area contributed by atoms with Gasteiger partial charge in [0.05, 0.1) is 9.40 Å². The van der Waals surface area contributed by atoms with Crippen LogP contribution in [0, 0.1) is 10.1 Å². The van der Waals surface area contributed by atoms with Gasteiger partial charge >= 0.3 is 0 Å². The van der Waals surface area contributed by atoms with Gasteiger partial charge in [-0.2, -0.15) is 0 Å². The van der Waals surface area contributed by atoms with E-state index in [-0.39, 0.29) is 18.0 Å². The SMILES string of the molecule is NC(=O)CCCNc1ncc([N+](=O)[O-])cc1Br. The number of hydrogen-bond donors (Lipinski definition) is 2. The van der Waals surface area contributed by atoms with Gasteiger partial charge in [0.25, 0.3) is 5.69 Å². The number of carbonyl (C=O) groups excluding carboxylic acids is 1. The van der Waals surface area contributed by atoms with Crippen LogP contribution in [0.2, 0.25) is 0 Å². The van der Waals surface area contributed by atoms with E-state index >= 15 is 0 Å². The molecule has 0 aliphatic heterocycles. The summed E-state index contributed by atoms with van der Waals surface area (Å²) in [5.74, 6) is 0.141. The average molecular weight is 303 g/mol. The zero-order valence-electron chi connectivity index (χ0n) is 8.85. The standard InChI is InChI=1S/C9H11BrN4O3/c10-7-4-6(14(16)17)5-13-9(7)12-3-1-2-8(11)15/h4-5H,1-3H2,(H2,11,15)(H,12,13). The molecule has 8 heteroatoms. The third-order valence-electron chi connectivity index (χ3n) is 1.93. The molecule has 0 aromatic carbocycles. The van der Waals surface area contributed by atoms with Gasteiger partial charge in [-0.05, 0) is 22.4 Å². The van der Waals surface area contributed by atoms with E-state index in [1.807, 2.05) is 0 Å². The molecule has 1 heterocycles. The average Bonchev–Trinajstić information content (AvgIpc) is 2.25. The lowest BCUT2D eigenvalue weighted by molar-refractivity contribution is -0.385. The molecule has 0 aliphatic carbocycles. The molecule has 0 atom stereocenters. The predicted octanol–water partition coefficient (Wildman–Crippen LogP) is 1.43. The quantitative estimate of drug-likeness (QED) is 0.469. The normalized spacial score (nSPS) is 9.94. The number of amides is 1. The molecule has 92 valence electrons. The second-order valence-electron chi connectivity index (χ2n) is 3.28. The molecular formula is C9H11BrN4O3. The van der Waals surface area contributed by atoms with Crippen LogP contribution in [-0.2, 0) is 4.79 Å². The molecule has 0 spiro atoms. The number of nitrogens with one attached hydrogen (secondary N) is 1. The highest BCUT2D eigenvalue weighted by Gasteiger charge is 2.09. The summed E-state index contributed by atoms with van der Waals surface area (Å²) in [5.41, 5.74) is 4.90. The van der Waals surface area contributed by atoms with E-state index in [4.69, 9.17) is 5.73 Å². The predicted molar refractivity (Wildman–Crippen MR) is 65.5 cm³/mol. The number of primary amides is 1. The van der Waals surface area contributed by atoms with E-state index in [9.17, 15) is 14.9 Å². The third-order valence-corrected chi connectivity index (χ3v) is 2.53. The lowest BCUT2D eigenvalue weighted by Crippen LogP contribution is -2.13. The number of aromatic nitrogens is 1. The van der Waals surface area contributed by atoms with Crippen LogP contribution < -0.4 is 11.1 Å². The molecular weight excluding hydrogens is 292 g/mol. The Morgan fingerprint density at radius 2 is 2.35 bits per heavy atom. The molecule has 1 amide bonds. The number of carbonyl (C=O) groups is 1. The van der Waals surface area contributed by atoms with Crippen molar-refractivity contribution in [3.05, 3.63) is 26.9 Å². The summed E-state index contributed by atoms with van der Waals surface area (Å²) in [4.78, 5) is 24.3. The summed E-state index contributed by atoms with van der Waals surface area (Å²) in [7, 11) is 0. The van der Waals surface area contributed by atoms with E-state index < -0.39 is 4.92 Å². The first-order valence-corrected chi connectivity index (χ1v) is 5.62. The lowest BCUT2D eigenvalue weighted by Gasteiger charge is -2.06. The van der Waals surface area contributed by atoms with Crippen LogP contribution in [0.5, 0.6) is 0 Å². The smallest absolute Gasteiger partial charge is 0.288 e. The van der Waals surface area contributed by atoms with E-state index in [1.165, 1.54) is 12.3 Å². The fraction of sp³-hybridized carbons (Fsp3) is 0.333. The zero-order valence-corrected chi connectivity index (χ0v) is 10.4. The Hall–Kier alpha value is -1.70. The third kappa shape index (κ3) is 4.35. The number of pyridine rings is 1. The monoisotopic (exact) mass is 302 g/mol. The van der Waals surface area contributed by atoms with Gasteiger partial charge in [0.2, 0.25) is 5.91 Å². The molecule has 0 radical (unpaired) electrons. The first-order chi connectivity index (χ1) is 8.00. The lowest BCUT2D eigenvalue weighted by atomic mass is 10.3. The van der Waals surface area contributed by atoms with Crippen LogP contribution >= 0.6 is 15.9 Å². The minimum absolute atomic E-state index is 0.0837. The summed E-state index contributed by atoms with van der Waals surface area (Å²) >= 11 is 3.18. The highest BCUT2D eigenvalue weighted by atomic mass is 79.9. The Morgan fingerprint density at radius 3 is 2.88 bits per heavy atom. The molecule has 7 nitrogen and oxygen atoms in total. The van der Waals surface area contributed by atoms with E-state index in [1.54, 1.807) is 0 Å². The second-order valence-corrected chi connectivity index (χ2v) is 4.13. The molecule has 0 fully saturated rings. The number of rotatable bonds is 6. The van der Waals surface area contributed by atoms with Gasteiger partial charge in [0, 0.05) is 19.0 Å². The van der Waals surface area contributed by atoms with Crippen molar-refractivity contribution in [2.24, 2.45) is 5.73 Å². The van der Waals surface area contributed by atoms with Crippen LogP contribution in [0.15, 0.2) is 16.7 Å². The van der Waals surface area contributed by atoms with Crippen LogP contribution in [0.25, 0.3) is 0 Å². The number of anilines is 1. The fourth-order valence-corrected chi connectivity index (χ4v) is 1.60. The van der Waals surface area contributed by atoms with Crippen molar-refractivity contribution in [3.8, 4) is 0 Å². The van der Waals surface area contributed by atoms with Crippen LogP contribution in [0.3, 0.4) is 0 Å². The Bertz CT molecular complexity index is 438. The summed E-state index contributed by atoms with van der Waals surface area (Å²) in [6, 6.07) is 1.36. The van der Waals surface area contributed by atoms with E-state index in [0.29, 0.717) is 23.3 Å². The minimum Gasteiger partial charge on any atom is -0.370 e. The van der Waals surface area contributed by atoms with Gasteiger partial charge in [-0.3, -0.25) is 14.9 Å². The van der Waals surface area contributed by atoms with Gasteiger partial charge in [-0.15, -0.1) is 0 Å². The highest BCUT2D eigenvalue weighted by Crippen LogP contribution is 2.24. The molecule has 17 heavy (non-hydrogen) atoms. The van der Waals surface area contributed by atoms with Crippen molar-refractivity contribution in [3.63, 3.8) is 0 Å². The van der Waals surface area contributed by atoms with Gasteiger partial charge < -0.3 is 11.1 Å². The molecule has 0 bridgehead atoms. The van der Waals surface area contributed by atoms with Gasteiger partial charge in [0.15, 0.2) is 0 Å². The number of nitrogens with two attached hydrogens (primary N) is 1. The first kappa shape index (κ1) is 13.4. The maximum Gasteiger partial charge on any atom is 0.288 e. The minimum atomic E-state index is -0.519. The number of halogens is 1. The van der Waals surface area contributed by atoms with E-state index in [0.717, 1.165) is 0 Å². The van der Waals surface area contributed by atoms with Crippen molar-refractivity contribution < 1.29 is 9.72 Å². The number of hydrogen-bond acceptors (Lipinski definition) is 5. The van der Waals surface area contributed by atoms with Gasteiger partial charge in [-0.1, -0.05) is 0 Å². The molecule has 1 rings (SSSR count). The summed E-state index contributed by atoms with van der Waals surface area (Å²) in [6.07, 6.45) is 2.04. The maximum absolute atomic E-state index is 10.5. The van der Waals surface area contributed by atoms with Crippen LogP contribution in [-0.4, -0.2) is 22.4 Å². The summed E-state index contributed by atoms with van der Waals surface area (Å²) < 4.78 is 0.505. The van der Waals surface area contributed by atoms with Crippen molar-refractivity contribution in [1.29, 1.82) is 0 Å². The number of nitro groups is 1. The fourth-order valence-electron chi connectivity index (χ4n) is 1.13. The molecule has 0 unspecified atom stereocenters. The Morgan fingerprint density at radius 1 is 1.65 bits per heavy atom. The Kier molecular flexibility index (Phi) is 4.83. The first-order valence-electron chi connectivity index (χ1n) is 4.83. The molecule has 0 saturated carbocycles. The summed E-state index contributed by atoms with van der Waals surface area (Å²) in [5, 5.41) is 13.4. The summed E-state index contributed by atoms with van der Waals surface area (Å²) in [6.45, 7) is 0.520. The van der Waals surface area contributed by atoms with Gasteiger partial charge in [-0.25, -0.2) is 4.98 Å². The molecule has 0 aliphatic rings. The molecule has 1 aromatic rings. The maximum atomic E-state index is 10.5. The molecule has 3 N–H and O–H groups in total.